The van der Waals surface area contributed by atoms with Gasteiger partial charge in [-0.2, -0.15) is 0 Å². The van der Waals surface area contributed by atoms with Crippen LogP contribution in [0.3, 0.4) is 0 Å². The average molecular weight is 270 g/mol. The van der Waals surface area contributed by atoms with Crippen LogP contribution >= 0.6 is 0 Å². The lowest BCUT2D eigenvalue weighted by molar-refractivity contribution is -0.134. The third-order valence-electron chi connectivity index (χ3n) is 3.00. The number of rotatable bonds is 5. The predicted molar refractivity (Wildman–Crippen MR) is 78.1 cm³/mol. The molecular formula is C17H18O3. The van der Waals surface area contributed by atoms with Gasteiger partial charge in [-0.05, 0) is 43.2 Å². The van der Waals surface area contributed by atoms with Crippen LogP contribution in [0.1, 0.15) is 17.5 Å². The second-order valence-electron chi connectivity index (χ2n) is 4.64. The lowest BCUT2D eigenvalue weighted by Gasteiger charge is -2.06. The number of hydrogen-bond donors (Lipinski definition) is 0. The van der Waals surface area contributed by atoms with Gasteiger partial charge >= 0.3 is 5.97 Å². The Morgan fingerprint density at radius 3 is 2.50 bits per heavy atom. The van der Waals surface area contributed by atoms with E-state index < -0.39 is 0 Å². The van der Waals surface area contributed by atoms with Gasteiger partial charge in [-0.3, -0.25) is 4.79 Å². The van der Waals surface area contributed by atoms with E-state index in [1.807, 2.05) is 43.3 Å². The number of ether oxygens (including phenoxy) is 2. The SMILES string of the molecule is COc1cccc(CCC(=O)Oc2ccc(C)cc2)c1. The van der Waals surface area contributed by atoms with E-state index in [0.29, 0.717) is 18.6 Å². The van der Waals surface area contributed by atoms with Crippen LogP contribution in [0, 0.1) is 6.92 Å². The van der Waals surface area contributed by atoms with Crippen molar-refractivity contribution in [1.29, 1.82) is 0 Å². The van der Waals surface area contributed by atoms with E-state index in [1.54, 1.807) is 19.2 Å². The molecule has 0 heterocycles. The first-order valence-electron chi connectivity index (χ1n) is 6.57. The molecule has 0 aliphatic heterocycles. The number of methoxy groups -OCH3 is 1. The quantitative estimate of drug-likeness (QED) is 0.615. The van der Waals surface area contributed by atoms with Crippen LogP contribution in [0.25, 0.3) is 0 Å². The molecule has 0 spiro atoms. The second kappa shape index (κ2) is 6.75. The summed E-state index contributed by atoms with van der Waals surface area (Å²) < 4.78 is 10.4. The maximum atomic E-state index is 11.8. The summed E-state index contributed by atoms with van der Waals surface area (Å²) >= 11 is 0. The molecule has 0 saturated carbocycles. The molecule has 0 fully saturated rings. The second-order valence-corrected chi connectivity index (χ2v) is 4.64. The Morgan fingerprint density at radius 1 is 1.05 bits per heavy atom. The van der Waals surface area contributed by atoms with Crippen LogP contribution in [0.15, 0.2) is 48.5 Å². The molecule has 0 saturated heterocycles. The Bertz CT molecular complexity index is 573. The van der Waals surface area contributed by atoms with Crippen molar-refractivity contribution >= 4 is 5.97 Å². The van der Waals surface area contributed by atoms with E-state index in [2.05, 4.69) is 0 Å². The first-order valence-corrected chi connectivity index (χ1v) is 6.57. The van der Waals surface area contributed by atoms with Crippen molar-refractivity contribution in [2.45, 2.75) is 19.8 Å². The molecule has 0 aliphatic carbocycles. The molecule has 3 heteroatoms. The summed E-state index contributed by atoms with van der Waals surface area (Å²) in [6.45, 7) is 1.99. The monoisotopic (exact) mass is 270 g/mol. The van der Waals surface area contributed by atoms with Gasteiger partial charge in [0, 0.05) is 6.42 Å². The number of benzene rings is 2. The minimum atomic E-state index is -0.225. The Hall–Kier alpha value is -2.29. The van der Waals surface area contributed by atoms with Gasteiger partial charge in [0.2, 0.25) is 0 Å². The number of carbonyl (C=O) groups is 1. The topological polar surface area (TPSA) is 35.5 Å². The van der Waals surface area contributed by atoms with Gasteiger partial charge in [-0.15, -0.1) is 0 Å². The summed E-state index contributed by atoms with van der Waals surface area (Å²) in [5.74, 6) is 1.16. The van der Waals surface area contributed by atoms with Crippen molar-refractivity contribution in [3.05, 3.63) is 59.7 Å². The van der Waals surface area contributed by atoms with Crippen LogP contribution in [0.5, 0.6) is 11.5 Å². The molecule has 0 bridgehead atoms. The smallest absolute Gasteiger partial charge is 0.311 e. The normalized spacial score (nSPS) is 10.1. The van der Waals surface area contributed by atoms with Crippen molar-refractivity contribution in [1.82, 2.24) is 0 Å². The van der Waals surface area contributed by atoms with Crippen molar-refractivity contribution in [3.63, 3.8) is 0 Å². The molecule has 0 aromatic heterocycles. The zero-order chi connectivity index (χ0) is 14.4. The van der Waals surface area contributed by atoms with E-state index in [-0.39, 0.29) is 5.97 Å². The highest BCUT2D eigenvalue weighted by Gasteiger charge is 2.06. The zero-order valence-electron chi connectivity index (χ0n) is 11.8. The van der Waals surface area contributed by atoms with E-state index in [4.69, 9.17) is 9.47 Å². The minimum absolute atomic E-state index is 0.225. The van der Waals surface area contributed by atoms with Crippen molar-refractivity contribution < 1.29 is 14.3 Å². The third kappa shape index (κ3) is 4.12. The van der Waals surface area contributed by atoms with Gasteiger partial charge in [0.25, 0.3) is 0 Å². The highest BCUT2D eigenvalue weighted by molar-refractivity contribution is 5.72. The molecule has 20 heavy (non-hydrogen) atoms. The molecule has 0 atom stereocenters. The van der Waals surface area contributed by atoms with Gasteiger partial charge in [0.1, 0.15) is 11.5 Å². The van der Waals surface area contributed by atoms with E-state index in [9.17, 15) is 4.79 Å². The maximum absolute atomic E-state index is 11.8. The van der Waals surface area contributed by atoms with Crippen LogP contribution in [-0.4, -0.2) is 13.1 Å². The molecular weight excluding hydrogens is 252 g/mol. The van der Waals surface area contributed by atoms with Crippen molar-refractivity contribution in [2.75, 3.05) is 7.11 Å². The van der Waals surface area contributed by atoms with Crippen molar-refractivity contribution in [3.8, 4) is 11.5 Å². The van der Waals surface area contributed by atoms with Crippen LogP contribution < -0.4 is 9.47 Å². The lowest BCUT2D eigenvalue weighted by Crippen LogP contribution is -2.09. The Morgan fingerprint density at radius 2 is 1.80 bits per heavy atom. The highest BCUT2D eigenvalue weighted by Crippen LogP contribution is 2.15. The summed E-state index contributed by atoms with van der Waals surface area (Å²) in [4.78, 5) is 11.8. The van der Waals surface area contributed by atoms with Crippen LogP contribution in [0.2, 0.25) is 0 Å². The van der Waals surface area contributed by atoms with E-state index >= 15 is 0 Å². The molecule has 2 aromatic rings. The lowest BCUT2D eigenvalue weighted by atomic mass is 10.1. The third-order valence-corrected chi connectivity index (χ3v) is 3.00. The summed E-state index contributed by atoms with van der Waals surface area (Å²) in [5, 5.41) is 0. The molecule has 0 radical (unpaired) electrons. The van der Waals surface area contributed by atoms with Crippen LogP contribution in [0.4, 0.5) is 0 Å². The summed E-state index contributed by atoms with van der Waals surface area (Å²) in [6.07, 6.45) is 0.989. The molecule has 0 amide bonds. The van der Waals surface area contributed by atoms with E-state index in [1.165, 1.54) is 0 Å². The average Bonchev–Trinajstić information content (AvgIpc) is 2.48. The summed E-state index contributed by atoms with van der Waals surface area (Å²) in [7, 11) is 1.63. The number of carbonyl (C=O) groups excluding carboxylic acids is 1. The fourth-order valence-corrected chi connectivity index (χ4v) is 1.86. The minimum Gasteiger partial charge on any atom is -0.497 e. The molecule has 0 aliphatic rings. The molecule has 0 unspecified atom stereocenters. The number of hydrogen-bond acceptors (Lipinski definition) is 3. The fraction of sp³-hybridized carbons (Fsp3) is 0.235. The first-order chi connectivity index (χ1) is 9.67. The summed E-state index contributed by atoms with van der Waals surface area (Å²) in [5.41, 5.74) is 2.20. The Kier molecular flexibility index (Phi) is 4.77. The van der Waals surface area contributed by atoms with Gasteiger partial charge < -0.3 is 9.47 Å². The van der Waals surface area contributed by atoms with Crippen molar-refractivity contribution in [2.24, 2.45) is 0 Å². The Balaban J connectivity index is 1.87. The zero-order valence-corrected chi connectivity index (χ0v) is 11.8. The van der Waals surface area contributed by atoms with E-state index in [0.717, 1.165) is 16.9 Å². The molecule has 3 nitrogen and oxygen atoms in total. The molecule has 0 N–H and O–H groups in total. The maximum Gasteiger partial charge on any atom is 0.311 e. The Labute approximate surface area is 119 Å². The van der Waals surface area contributed by atoms with Crippen LogP contribution in [-0.2, 0) is 11.2 Å². The van der Waals surface area contributed by atoms with Gasteiger partial charge in [0.15, 0.2) is 0 Å². The standard InChI is InChI=1S/C17H18O3/c1-13-6-9-15(10-7-13)20-17(18)11-8-14-4-3-5-16(12-14)19-2/h3-7,9-10,12H,8,11H2,1-2H3. The van der Waals surface area contributed by atoms with Gasteiger partial charge in [-0.25, -0.2) is 0 Å². The highest BCUT2D eigenvalue weighted by atomic mass is 16.5. The number of esters is 1. The predicted octanol–water partition coefficient (Wildman–Crippen LogP) is 3.54. The number of aryl methyl sites for hydroxylation is 2. The largest absolute Gasteiger partial charge is 0.497 e. The summed E-state index contributed by atoms with van der Waals surface area (Å²) in [6, 6.07) is 15.2. The molecule has 104 valence electrons. The first kappa shape index (κ1) is 14.1. The fourth-order valence-electron chi connectivity index (χ4n) is 1.86. The molecule has 2 aromatic carbocycles. The van der Waals surface area contributed by atoms with Gasteiger partial charge in [-0.1, -0.05) is 29.8 Å². The molecule has 2 rings (SSSR count). The van der Waals surface area contributed by atoms with Gasteiger partial charge in [0.05, 0.1) is 7.11 Å².